The minimum absolute atomic E-state index is 0.0250. The second kappa shape index (κ2) is 7.55. The molecule has 3 rings (SSSR count). The zero-order valence-corrected chi connectivity index (χ0v) is 13.8. The van der Waals surface area contributed by atoms with E-state index in [9.17, 15) is 18.0 Å². The average molecular weight is 358 g/mol. The number of aromatic nitrogens is 2. The maximum absolute atomic E-state index is 12.3. The number of rotatable bonds is 4. The van der Waals surface area contributed by atoms with Gasteiger partial charge in [-0.05, 0) is 25.3 Å². The van der Waals surface area contributed by atoms with Crippen LogP contribution in [0.3, 0.4) is 0 Å². The van der Waals surface area contributed by atoms with Crippen molar-refractivity contribution in [2.45, 2.75) is 38.0 Å². The first-order valence-electron chi connectivity index (χ1n) is 8.46. The Morgan fingerprint density at radius 3 is 2.68 bits per heavy atom. The quantitative estimate of drug-likeness (QED) is 0.822. The summed E-state index contributed by atoms with van der Waals surface area (Å²) < 4.78 is 42.5. The predicted molar refractivity (Wildman–Crippen MR) is 84.2 cm³/mol. The normalized spacial score (nSPS) is 21.6. The van der Waals surface area contributed by atoms with Crippen molar-refractivity contribution in [3.63, 3.8) is 0 Å². The van der Waals surface area contributed by atoms with E-state index in [2.05, 4.69) is 9.97 Å². The number of aryl methyl sites for hydroxylation is 1. The largest absolute Gasteiger partial charge is 0.389 e. The topological polar surface area (TPSA) is 58.6 Å². The molecule has 1 amide bonds. The molecule has 0 saturated carbocycles. The van der Waals surface area contributed by atoms with Gasteiger partial charge in [-0.25, -0.2) is 9.97 Å². The molecule has 0 radical (unpaired) electrons. The van der Waals surface area contributed by atoms with Gasteiger partial charge in [0.1, 0.15) is 6.10 Å². The lowest BCUT2D eigenvalue weighted by molar-refractivity contribution is -0.141. The second-order valence-corrected chi connectivity index (χ2v) is 6.28. The monoisotopic (exact) mass is 358 g/mol. The predicted octanol–water partition coefficient (Wildman–Crippen LogP) is 1.80. The van der Waals surface area contributed by atoms with E-state index in [-0.39, 0.29) is 18.4 Å². The molecule has 1 aromatic rings. The minimum Gasteiger partial charge on any atom is -0.368 e. The van der Waals surface area contributed by atoms with Gasteiger partial charge in [0.15, 0.2) is 0 Å². The summed E-state index contributed by atoms with van der Waals surface area (Å²) in [7, 11) is 0. The SMILES string of the molecule is O=C([C@@H]1CCCO1)N1CCN(c2nccc(CCC(F)(F)F)n2)CC1. The first-order chi connectivity index (χ1) is 11.9. The minimum atomic E-state index is -4.20. The molecule has 0 unspecified atom stereocenters. The third kappa shape index (κ3) is 4.81. The van der Waals surface area contributed by atoms with Gasteiger partial charge in [0.2, 0.25) is 5.95 Å². The summed E-state index contributed by atoms with van der Waals surface area (Å²) in [6, 6.07) is 1.51. The van der Waals surface area contributed by atoms with Crippen LogP contribution in [-0.4, -0.2) is 65.8 Å². The van der Waals surface area contributed by atoms with Crippen molar-refractivity contribution < 1.29 is 22.7 Å². The van der Waals surface area contributed by atoms with Crippen molar-refractivity contribution in [3.05, 3.63) is 18.0 Å². The van der Waals surface area contributed by atoms with Crippen molar-refractivity contribution in [2.24, 2.45) is 0 Å². The van der Waals surface area contributed by atoms with E-state index in [0.717, 1.165) is 12.8 Å². The zero-order chi connectivity index (χ0) is 17.9. The lowest BCUT2D eigenvalue weighted by atomic mass is 10.2. The van der Waals surface area contributed by atoms with Crippen LogP contribution in [0.1, 0.15) is 25.0 Å². The Balaban J connectivity index is 1.54. The molecule has 0 spiro atoms. The van der Waals surface area contributed by atoms with E-state index >= 15 is 0 Å². The Morgan fingerprint density at radius 1 is 1.28 bits per heavy atom. The van der Waals surface area contributed by atoms with Crippen molar-refractivity contribution in [3.8, 4) is 0 Å². The molecule has 2 saturated heterocycles. The maximum Gasteiger partial charge on any atom is 0.389 e. The molecule has 138 valence electrons. The number of amides is 1. The number of piperazine rings is 1. The Bertz CT molecular complexity index is 597. The molecule has 6 nitrogen and oxygen atoms in total. The van der Waals surface area contributed by atoms with Gasteiger partial charge in [0.05, 0.1) is 0 Å². The van der Waals surface area contributed by atoms with Crippen LogP contribution in [0.4, 0.5) is 19.1 Å². The van der Waals surface area contributed by atoms with Crippen LogP contribution in [0, 0.1) is 0 Å². The van der Waals surface area contributed by atoms with Gasteiger partial charge in [-0.3, -0.25) is 4.79 Å². The molecule has 2 aliphatic heterocycles. The summed E-state index contributed by atoms with van der Waals surface area (Å²) in [6.07, 6.45) is -2.41. The molecule has 9 heteroatoms. The highest BCUT2D eigenvalue weighted by molar-refractivity contribution is 5.81. The summed E-state index contributed by atoms with van der Waals surface area (Å²) >= 11 is 0. The van der Waals surface area contributed by atoms with E-state index in [4.69, 9.17) is 4.74 Å². The number of alkyl halides is 3. The van der Waals surface area contributed by atoms with Crippen molar-refractivity contribution in [1.82, 2.24) is 14.9 Å². The highest BCUT2D eigenvalue weighted by atomic mass is 19.4. The van der Waals surface area contributed by atoms with E-state index in [1.807, 2.05) is 4.90 Å². The lowest BCUT2D eigenvalue weighted by Gasteiger charge is -2.35. The first kappa shape index (κ1) is 17.9. The maximum atomic E-state index is 12.3. The molecule has 0 bridgehead atoms. The molecule has 25 heavy (non-hydrogen) atoms. The van der Waals surface area contributed by atoms with Gasteiger partial charge in [-0.1, -0.05) is 0 Å². The standard InChI is InChI=1S/C16H21F3N4O2/c17-16(18,19)5-3-12-4-6-20-15(21-12)23-9-7-22(8-10-23)14(24)13-2-1-11-25-13/h4,6,13H,1-3,5,7-11H2/t13-/m0/s1. The van der Waals surface area contributed by atoms with Crippen molar-refractivity contribution in [1.29, 1.82) is 0 Å². The number of carbonyl (C=O) groups excluding carboxylic acids is 1. The third-order valence-electron chi connectivity index (χ3n) is 4.44. The molecule has 0 aromatic carbocycles. The Labute approximate surface area is 144 Å². The number of anilines is 1. The van der Waals surface area contributed by atoms with Gasteiger partial charge in [-0.2, -0.15) is 13.2 Å². The number of hydrogen-bond donors (Lipinski definition) is 0. The van der Waals surface area contributed by atoms with Crippen LogP contribution in [-0.2, 0) is 16.0 Å². The second-order valence-electron chi connectivity index (χ2n) is 6.28. The molecular formula is C16H21F3N4O2. The molecular weight excluding hydrogens is 337 g/mol. The fourth-order valence-electron chi connectivity index (χ4n) is 3.05. The van der Waals surface area contributed by atoms with Crippen LogP contribution in [0.25, 0.3) is 0 Å². The van der Waals surface area contributed by atoms with Crippen LogP contribution >= 0.6 is 0 Å². The summed E-state index contributed by atoms with van der Waals surface area (Å²) in [5, 5.41) is 0. The zero-order valence-electron chi connectivity index (χ0n) is 13.8. The van der Waals surface area contributed by atoms with Crippen LogP contribution < -0.4 is 4.90 Å². The molecule has 0 aliphatic carbocycles. The van der Waals surface area contributed by atoms with Gasteiger partial charge < -0.3 is 14.5 Å². The summed E-state index contributed by atoms with van der Waals surface area (Å²) in [6.45, 7) is 2.82. The number of halogens is 3. The number of hydrogen-bond acceptors (Lipinski definition) is 5. The van der Waals surface area contributed by atoms with E-state index < -0.39 is 12.6 Å². The first-order valence-corrected chi connectivity index (χ1v) is 8.46. The van der Waals surface area contributed by atoms with E-state index in [1.54, 1.807) is 4.90 Å². The average Bonchev–Trinajstić information content (AvgIpc) is 3.14. The Hall–Kier alpha value is -1.90. The fourth-order valence-corrected chi connectivity index (χ4v) is 3.05. The number of ether oxygens (including phenoxy) is 1. The van der Waals surface area contributed by atoms with Gasteiger partial charge >= 0.3 is 6.18 Å². The highest BCUT2D eigenvalue weighted by Gasteiger charge is 2.31. The molecule has 1 atom stereocenters. The van der Waals surface area contributed by atoms with Gasteiger partial charge in [0, 0.05) is 51.1 Å². The molecule has 2 aliphatic rings. The van der Waals surface area contributed by atoms with Gasteiger partial charge in [0.25, 0.3) is 5.91 Å². The highest BCUT2D eigenvalue weighted by Crippen LogP contribution is 2.22. The summed E-state index contributed by atoms with van der Waals surface area (Å²) in [4.78, 5) is 24.4. The summed E-state index contributed by atoms with van der Waals surface area (Å²) in [5.74, 6) is 0.445. The van der Waals surface area contributed by atoms with Gasteiger partial charge in [-0.15, -0.1) is 0 Å². The Kier molecular flexibility index (Phi) is 5.41. The molecule has 0 N–H and O–H groups in total. The number of carbonyl (C=O) groups is 1. The van der Waals surface area contributed by atoms with Crippen LogP contribution in [0.2, 0.25) is 0 Å². The van der Waals surface area contributed by atoms with Crippen molar-refractivity contribution in [2.75, 3.05) is 37.7 Å². The van der Waals surface area contributed by atoms with E-state index in [1.165, 1.54) is 12.3 Å². The fraction of sp³-hybridized carbons (Fsp3) is 0.688. The molecule has 2 fully saturated rings. The van der Waals surface area contributed by atoms with Crippen molar-refractivity contribution >= 4 is 11.9 Å². The number of nitrogens with zero attached hydrogens (tertiary/aromatic N) is 4. The molecule has 3 heterocycles. The third-order valence-corrected chi connectivity index (χ3v) is 4.44. The van der Waals surface area contributed by atoms with E-state index in [0.29, 0.717) is 44.4 Å². The summed E-state index contributed by atoms with van der Waals surface area (Å²) in [5.41, 5.74) is 0.375. The molecule has 1 aromatic heterocycles. The smallest absolute Gasteiger partial charge is 0.368 e. The lowest BCUT2D eigenvalue weighted by Crippen LogP contribution is -2.51. The Morgan fingerprint density at radius 2 is 2.04 bits per heavy atom. The van der Waals surface area contributed by atoms with Crippen LogP contribution in [0.5, 0.6) is 0 Å². The van der Waals surface area contributed by atoms with Crippen LogP contribution in [0.15, 0.2) is 12.3 Å².